The van der Waals surface area contributed by atoms with E-state index >= 15 is 0 Å². The van der Waals surface area contributed by atoms with Gasteiger partial charge in [0.05, 0.1) is 18.3 Å². The van der Waals surface area contributed by atoms with Gasteiger partial charge in [-0.3, -0.25) is 4.68 Å². The quantitative estimate of drug-likeness (QED) is 0.925. The average Bonchev–Trinajstić information content (AvgIpc) is 3.12. The number of urea groups is 1. The van der Waals surface area contributed by atoms with Crippen molar-refractivity contribution in [3.05, 3.63) is 41.1 Å². The van der Waals surface area contributed by atoms with Crippen molar-refractivity contribution in [3.63, 3.8) is 0 Å². The van der Waals surface area contributed by atoms with Crippen molar-refractivity contribution in [1.29, 1.82) is 0 Å². The van der Waals surface area contributed by atoms with Gasteiger partial charge in [0, 0.05) is 42.4 Å². The van der Waals surface area contributed by atoms with Crippen LogP contribution in [0.2, 0.25) is 0 Å². The lowest BCUT2D eigenvalue weighted by molar-refractivity contribution is 0.179. The zero-order valence-corrected chi connectivity index (χ0v) is 15.4. The lowest BCUT2D eigenvalue weighted by Gasteiger charge is -2.35. The van der Waals surface area contributed by atoms with Crippen molar-refractivity contribution in [3.8, 4) is 0 Å². The van der Waals surface area contributed by atoms with Crippen LogP contribution in [0.3, 0.4) is 0 Å². The standard InChI is InChI=1S/C17H24N4O2S/c1-11-7-15(13(3)23-11)12(2)19-17(22)21-5-6-24-10-16(21)14-8-18-20(4)9-14/h7-9,12,16H,5-6,10H2,1-4H3,(H,19,22). The second kappa shape index (κ2) is 6.93. The van der Waals surface area contributed by atoms with Gasteiger partial charge in [-0.05, 0) is 26.8 Å². The van der Waals surface area contributed by atoms with Crippen LogP contribution in [0.15, 0.2) is 22.9 Å². The van der Waals surface area contributed by atoms with Crippen LogP contribution >= 0.6 is 11.8 Å². The first-order chi connectivity index (χ1) is 11.5. The highest BCUT2D eigenvalue weighted by Gasteiger charge is 2.30. The molecule has 2 atom stereocenters. The van der Waals surface area contributed by atoms with E-state index in [4.69, 9.17) is 4.42 Å². The molecule has 24 heavy (non-hydrogen) atoms. The first kappa shape index (κ1) is 17.0. The van der Waals surface area contributed by atoms with Crippen LogP contribution in [0.1, 0.15) is 41.7 Å². The maximum atomic E-state index is 12.8. The van der Waals surface area contributed by atoms with Gasteiger partial charge in [0.2, 0.25) is 0 Å². The fourth-order valence-corrected chi connectivity index (χ4v) is 4.25. The summed E-state index contributed by atoms with van der Waals surface area (Å²) in [5.41, 5.74) is 2.12. The van der Waals surface area contributed by atoms with Crippen molar-refractivity contribution < 1.29 is 9.21 Å². The number of amides is 2. The van der Waals surface area contributed by atoms with Gasteiger partial charge in [-0.25, -0.2) is 4.79 Å². The van der Waals surface area contributed by atoms with Crippen molar-refractivity contribution in [2.24, 2.45) is 7.05 Å². The number of carbonyl (C=O) groups is 1. The second-order valence-corrected chi connectivity index (χ2v) is 7.42. The maximum Gasteiger partial charge on any atom is 0.318 e. The summed E-state index contributed by atoms with van der Waals surface area (Å²) in [7, 11) is 1.90. The Morgan fingerprint density at radius 3 is 2.92 bits per heavy atom. The summed E-state index contributed by atoms with van der Waals surface area (Å²) in [6.07, 6.45) is 3.84. The molecule has 0 aliphatic carbocycles. The van der Waals surface area contributed by atoms with Crippen LogP contribution in [0, 0.1) is 13.8 Å². The number of aryl methyl sites for hydroxylation is 3. The van der Waals surface area contributed by atoms with E-state index in [1.165, 1.54) is 0 Å². The van der Waals surface area contributed by atoms with Crippen LogP contribution in [-0.4, -0.2) is 38.8 Å². The Morgan fingerprint density at radius 2 is 2.29 bits per heavy atom. The Morgan fingerprint density at radius 1 is 1.50 bits per heavy atom. The van der Waals surface area contributed by atoms with E-state index in [-0.39, 0.29) is 18.1 Å². The molecule has 2 aromatic rings. The number of thioether (sulfide) groups is 1. The van der Waals surface area contributed by atoms with Crippen LogP contribution in [0.5, 0.6) is 0 Å². The second-order valence-electron chi connectivity index (χ2n) is 6.27. The predicted molar refractivity (Wildman–Crippen MR) is 95.1 cm³/mol. The molecule has 7 heteroatoms. The van der Waals surface area contributed by atoms with E-state index in [0.717, 1.165) is 40.7 Å². The zero-order chi connectivity index (χ0) is 17.3. The highest BCUT2D eigenvalue weighted by atomic mass is 32.2. The van der Waals surface area contributed by atoms with E-state index in [0.29, 0.717) is 0 Å². The number of nitrogens with one attached hydrogen (secondary N) is 1. The van der Waals surface area contributed by atoms with E-state index in [9.17, 15) is 4.79 Å². The largest absolute Gasteiger partial charge is 0.466 e. The third-order valence-corrected chi connectivity index (χ3v) is 5.41. The zero-order valence-electron chi connectivity index (χ0n) is 14.6. The fraction of sp³-hybridized carbons (Fsp3) is 0.529. The summed E-state index contributed by atoms with van der Waals surface area (Å²) in [4.78, 5) is 14.8. The van der Waals surface area contributed by atoms with Gasteiger partial charge in [0.1, 0.15) is 11.5 Å². The molecular formula is C17H24N4O2S. The van der Waals surface area contributed by atoms with E-state index < -0.39 is 0 Å². The Hall–Kier alpha value is -1.89. The number of carbonyl (C=O) groups excluding carboxylic acids is 1. The fourth-order valence-electron chi connectivity index (χ4n) is 3.16. The van der Waals surface area contributed by atoms with Gasteiger partial charge >= 0.3 is 6.03 Å². The molecule has 0 radical (unpaired) electrons. The summed E-state index contributed by atoms with van der Waals surface area (Å²) >= 11 is 1.88. The number of nitrogens with zero attached hydrogens (tertiary/aromatic N) is 3. The molecule has 6 nitrogen and oxygen atoms in total. The molecule has 0 bridgehead atoms. The molecule has 0 saturated carbocycles. The number of rotatable bonds is 3. The number of hydrogen-bond donors (Lipinski definition) is 1. The number of aromatic nitrogens is 2. The first-order valence-corrected chi connectivity index (χ1v) is 9.31. The van der Waals surface area contributed by atoms with Crippen molar-refractivity contribution in [2.45, 2.75) is 32.9 Å². The van der Waals surface area contributed by atoms with Crippen LogP contribution in [-0.2, 0) is 7.05 Å². The smallest absolute Gasteiger partial charge is 0.318 e. The summed E-state index contributed by atoms with van der Waals surface area (Å²) in [6, 6.07) is 1.94. The molecule has 0 aromatic carbocycles. The van der Waals surface area contributed by atoms with Gasteiger partial charge in [0.15, 0.2) is 0 Å². The molecule has 1 saturated heterocycles. The first-order valence-electron chi connectivity index (χ1n) is 8.16. The van der Waals surface area contributed by atoms with E-state index in [1.807, 2.05) is 62.9 Å². The minimum atomic E-state index is -0.0842. The molecular weight excluding hydrogens is 324 g/mol. The van der Waals surface area contributed by atoms with E-state index in [2.05, 4.69) is 10.4 Å². The molecule has 1 N–H and O–H groups in total. The molecule has 1 aliphatic rings. The predicted octanol–water partition coefficient (Wildman–Crippen LogP) is 3.19. The minimum absolute atomic E-state index is 0.0325. The molecule has 1 fully saturated rings. The molecule has 2 unspecified atom stereocenters. The van der Waals surface area contributed by atoms with Gasteiger partial charge < -0.3 is 14.6 Å². The maximum absolute atomic E-state index is 12.8. The Balaban J connectivity index is 1.73. The molecule has 2 amide bonds. The molecule has 3 heterocycles. The number of hydrogen-bond acceptors (Lipinski definition) is 4. The summed E-state index contributed by atoms with van der Waals surface area (Å²) in [5.74, 6) is 3.59. The molecule has 1 aliphatic heterocycles. The summed E-state index contributed by atoms with van der Waals surface area (Å²) in [6.45, 7) is 6.59. The van der Waals surface area contributed by atoms with Gasteiger partial charge in [-0.2, -0.15) is 16.9 Å². The highest BCUT2D eigenvalue weighted by molar-refractivity contribution is 7.99. The molecule has 130 valence electrons. The Bertz CT molecular complexity index is 724. The Kier molecular flexibility index (Phi) is 4.89. The van der Waals surface area contributed by atoms with E-state index in [1.54, 1.807) is 4.68 Å². The van der Waals surface area contributed by atoms with Gasteiger partial charge in [-0.1, -0.05) is 0 Å². The third-order valence-electron chi connectivity index (χ3n) is 4.38. The normalized spacial score (nSPS) is 19.3. The van der Waals surface area contributed by atoms with Gasteiger partial charge in [-0.15, -0.1) is 0 Å². The van der Waals surface area contributed by atoms with Crippen molar-refractivity contribution >= 4 is 17.8 Å². The molecule has 3 rings (SSSR count). The van der Waals surface area contributed by atoms with Crippen molar-refractivity contribution in [1.82, 2.24) is 20.0 Å². The lowest BCUT2D eigenvalue weighted by Crippen LogP contribution is -2.46. The number of furan rings is 1. The molecule has 0 spiro atoms. The topological polar surface area (TPSA) is 63.3 Å². The highest BCUT2D eigenvalue weighted by Crippen LogP contribution is 2.30. The third kappa shape index (κ3) is 3.45. The Labute approximate surface area is 146 Å². The molecule has 2 aromatic heterocycles. The van der Waals surface area contributed by atoms with Crippen LogP contribution in [0.4, 0.5) is 4.79 Å². The summed E-state index contributed by atoms with van der Waals surface area (Å²) < 4.78 is 7.36. The average molecular weight is 348 g/mol. The van der Waals surface area contributed by atoms with Crippen LogP contribution in [0.25, 0.3) is 0 Å². The SMILES string of the molecule is Cc1cc(C(C)NC(=O)N2CCSCC2c2cnn(C)c2)c(C)o1. The monoisotopic (exact) mass is 348 g/mol. The summed E-state index contributed by atoms with van der Waals surface area (Å²) in [5, 5.41) is 7.36. The van der Waals surface area contributed by atoms with Crippen molar-refractivity contribution in [2.75, 3.05) is 18.1 Å². The van der Waals surface area contributed by atoms with Gasteiger partial charge in [0.25, 0.3) is 0 Å². The minimum Gasteiger partial charge on any atom is -0.466 e. The lowest BCUT2D eigenvalue weighted by atomic mass is 10.1. The van der Waals surface area contributed by atoms with Crippen LogP contribution < -0.4 is 5.32 Å².